The van der Waals surface area contributed by atoms with Gasteiger partial charge in [0, 0.05) is 25.1 Å². The van der Waals surface area contributed by atoms with E-state index in [0.717, 1.165) is 33.7 Å². The van der Waals surface area contributed by atoms with Gasteiger partial charge >= 0.3 is 0 Å². The van der Waals surface area contributed by atoms with E-state index in [0.29, 0.717) is 13.1 Å². The lowest BCUT2D eigenvalue weighted by atomic mass is 10.2. The molecule has 188 valence electrons. The third kappa shape index (κ3) is 4.91. The number of hydrogen-bond donors (Lipinski definition) is 1. The highest BCUT2D eigenvalue weighted by molar-refractivity contribution is 6.31. The fourth-order valence-corrected chi connectivity index (χ4v) is 3.98. The van der Waals surface area contributed by atoms with Crippen molar-refractivity contribution in [2.45, 2.75) is 44.4 Å². The molecule has 5 heterocycles. The molecular weight excluding hydrogens is 500 g/mol. The maximum absolute atomic E-state index is 13.5. The van der Waals surface area contributed by atoms with Crippen molar-refractivity contribution in [3.8, 4) is 0 Å². The average molecular weight is 521 g/mol. The molecule has 1 aliphatic rings. The number of imidazole rings is 2. The van der Waals surface area contributed by atoms with Crippen molar-refractivity contribution in [3.63, 3.8) is 0 Å². The number of nitrogens with two attached hydrogens (primary N) is 1. The highest BCUT2D eigenvalue weighted by Gasteiger charge is 2.28. The quantitative estimate of drug-likeness (QED) is 0.327. The van der Waals surface area contributed by atoms with Gasteiger partial charge in [-0.2, -0.15) is 0 Å². The van der Waals surface area contributed by atoms with Crippen LogP contribution in [0.5, 0.6) is 0 Å². The summed E-state index contributed by atoms with van der Waals surface area (Å²) >= 11 is 5.47. The molecule has 2 N–H and O–H groups in total. The standard InChI is InChI=1S/C14H16N6.C9H5ClF4N2/c15-5-12-8-20(18-17-12)9-13-7-19-6-11(10-1-2-10)3-4-14(19)16-13;10-4-1-2-16-3-15-7(6(12)9(13)14)8(16)5(4)11/h3-4,6-8,10H,1-2,5,9,15H2;1-3,6,9H. The molecule has 1 unspecified atom stereocenters. The zero-order chi connectivity index (χ0) is 25.4. The summed E-state index contributed by atoms with van der Waals surface area (Å²) < 4.78 is 55.9. The van der Waals surface area contributed by atoms with Crippen LogP contribution in [0.2, 0.25) is 5.02 Å². The van der Waals surface area contributed by atoms with Gasteiger partial charge in [-0.15, -0.1) is 5.10 Å². The number of nitrogens with zero attached hydrogens (tertiary/aromatic N) is 7. The summed E-state index contributed by atoms with van der Waals surface area (Å²) in [7, 11) is 0. The van der Waals surface area contributed by atoms with Gasteiger partial charge in [0.2, 0.25) is 6.17 Å². The van der Waals surface area contributed by atoms with E-state index in [9.17, 15) is 17.6 Å². The van der Waals surface area contributed by atoms with E-state index >= 15 is 0 Å². The highest BCUT2D eigenvalue weighted by atomic mass is 35.5. The van der Waals surface area contributed by atoms with Crippen LogP contribution in [0.15, 0.2) is 49.3 Å². The zero-order valence-electron chi connectivity index (χ0n) is 18.8. The van der Waals surface area contributed by atoms with Crippen molar-refractivity contribution in [2.75, 3.05) is 0 Å². The SMILES string of the molecule is Fc1c(Cl)ccn2cnc(C(F)C(F)F)c12.NCc1cn(Cc2cn3cc(C4CC4)ccc3n2)nn1. The molecular formula is C23H21ClF4N8. The second-order valence-corrected chi connectivity index (χ2v) is 8.85. The molecule has 13 heteroatoms. The van der Waals surface area contributed by atoms with Crippen LogP contribution in [0, 0.1) is 5.82 Å². The fraction of sp³-hybridized carbons (Fsp3) is 0.304. The van der Waals surface area contributed by atoms with Crippen molar-refractivity contribution < 1.29 is 17.6 Å². The summed E-state index contributed by atoms with van der Waals surface area (Å²) in [5, 5.41) is 7.76. The zero-order valence-corrected chi connectivity index (χ0v) is 19.5. The van der Waals surface area contributed by atoms with Crippen LogP contribution in [0.25, 0.3) is 11.2 Å². The molecule has 5 aromatic heterocycles. The lowest BCUT2D eigenvalue weighted by molar-refractivity contribution is 0.0482. The van der Waals surface area contributed by atoms with Crippen LogP contribution >= 0.6 is 11.6 Å². The Morgan fingerprint density at radius 3 is 2.56 bits per heavy atom. The first-order valence-corrected chi connectivity index (χ1v) is 11.5. The first kappa shape index (κ1) is 24.2. The van der Waals surface area contributed by atoms with E-state index in [2.05, 4.69) is 49.2 Å². The van der Waals surface area contributed by atoms with E-state index in [1.54, 1.807) is 4.68 Å². The van der Waals surface area contributed by atoms with Crippen LogP contribution in [0.4, 0.5) is 17.6 Å². The van der Waals surface area contributed by atoms with Crippen molar-refractivity contribution in [1.29, 1.82) is 0 Å². The molecule has 0 radical (unpaired) electrons. The summed E-state index contributed by atoms with van der Waals surface area (Å²) in [4.78, 5) is 8.03. The van der Waals surface area contributed by atoms with Gasteiger partial charge in [-0.25, -0.2) is 32.2 Å². The van der Waals surface area contributed by atoms with Crippen molar-refractivity contribution in [2.24, 2.45) is 5.73 Å². The normalized spacial score (nSPS) is 14.4. The number of alkyl halides is 3. The van der Waals surface area contributed by atoms with Gasteiger partial charge in [0.15, 0.2) is 5.82 Å². The van der Waals surface area contributed by atoms with E-state index in [1.165, 1.54) is 30.7 Å². The number of fused-ring (bicyclic) bond motifs is 2. The Balaban J connectivity index is 0.000000152. The maximum atomic E-state index is 13.5. The van der Waals surface area contributed by atoms with Gasteiger partial charge in [0.05, 0.1) is 35.5 Å². The summed E-state index contributed by atoms with van der Waals surface area (Å²) in [6.07, 6.45) is 5.23. The number of pyridine rings is 2. The van der Waals surface area contributed by atoms with Gasteiger partial charge in [-0.05, 0) is 36.5 Å². The van der Waals surface area contributed by atoms with Crippen LogP contribution in [0.1, 0.15) is 47.6 Å². The predicted molar refractivity (Wildman–Crippen MR) is 124 cm³/mol. The number of halogens is 5. The van der Waals surface area contributed by atoms with Crippen LogP contribution < -0.4 is 5.73 Å². The Labute approximate surface area is 207 Å². The number of hydrogen-bond acceptors (Lipinski definition) is 5. The molecule has 0 spiro atoms. The Bertz CT molecular complexity index is 1510. The molecule has 0 aliphatic heterocycles. The Hall–Kier alpha value is -3.51. The molecule has 6 rings (SSSR count). The molecule has 1 aliphatic carbocycles. The minimum Gasteiger partial charge on any atom is -0.325 e. The lowest BCUT2D eigenvalue weighted by Gasteiger charge is -2.05. The lowest BCUT2D eigenvalue weighted by Crippen LogP contribution is -2.05. The highest BCUT2D eigenvalue weighted by Crippen LogP contribution is 2.39. The molecule has 0 saturated heterocycles. The molecule has 8 nitrogen and oxygen atoms in total. The average Bonchev–Trinajstić information content (AvgIpc) is 3.27. The summed E-state index contributed by atoms with van der Waals surface area (Å²) in [5.74, 6) is -0.201. The second kappa shape index (κ2) is 9.86. The van der Waals surface area contributed by atoms with Gasteiger partial charge in [0.1, 0.15) is 16.9 Å². The number of aromatic nitrogens is 7. The van der Waals surface area contributed by atoms with E-state index in [4.69, 9.17) is 17.3 Å². The monoisotopic (exact) mass is 520 g/mol. The number of rotatable bonds is 6. The van der Waals surface area contributed by atoms with E-state index in [1.807, 2.05) is 6.20 Å². The van der Waals surface area contributed by atoms with Crippen molar-refractivity contribution >= 4 is 22.8 Å². The Kier molecular flexibility index (Phi) is 6.63. The molecule has 1 saturated carbocycles. The summed E-state index contributed by atoms with van der Waals surface area (Å²) in [6.45, 7) is 1.03. The van der Waals surface area contributed by atoms with Crippen molar-refractivity contribution in [3.05, 3.63) is 82.8 Å². The van der Waals surface area contributed by atoms with Crippen LogP contribution in [-0.4, -0.2) is 40.2 Å². The molecule has 0 bridgehead atoms. The first-order valence-electron chi connectivity index (χ1n) is 11.1. The smallest absolute Gasteiger partial charge is 0.275 e. The van der Waals surface area contributed by atoms with Gasteiger partial charge in [0.25, 0.3) is 6.43 Å². The molecule has 1 atom stereocenters. The Morgan fingerprint density at radius 1 is 1.06 bits per heavy atom. The minimum absolute atomic E-state index is 0.268. The fourth-order valence-electron chi connectivity index (χ4n) is 3.84. The second-order valence-electron chi connectivity index (χ2n) is 8.45. The van der Waals surface area contributed by atoms with E-state index < -0.39 is 24.1 Å². The van der Waals surface area contributed by atoms with Crippen LogP contribution in [0.3, 0.4) is 0 Å². The molecule has 36 heavy (non-hydrogen) atoms. The predicted octanol–water partition coefficient (Wildman–Crippen LogP) is 4.71. The van der Waals surface area contributed by atoms with Crippen molar-refractivity contribution in [1.82, 2.24) is 33.8 Å². The first-order chi connectivity index (χ1) is 17.3. The van der Waals surface area contributed by atoms with Gasteiger partial charge in [-0.3, -0.25) is 0 Å². The minimum atomic E-state index is -3.25. The topological polar surface area (TPSA) is 91.3 Å². The third-order valence-electron chi connectivity index (χ3n) is 5.80. The summed E-state index contributed by atoms with van der Waals surface area (Å²) in [5.41, 5.74) is 8.69. The largest absolute Gasteiger partial charge is 0.325 e. The van der Waals surface area contributed by atoms with E-state index in [-0.39, 0.29) is 10.5 Å². The van der Waals surface area contributed by atoms with Gasteiger partial charge in [-0.1, -0.05) is 22.9 Å². The molecule has 5 aromatic rings. The van der Waals surface area contributed by atoms with Crippen LogP contribution in [-0.2, 0) is 13.1 Å². The molecule has 0 amide bonds. The molecule has 0 aromatic carbocycles. The molecule has 1 fully saturated rings. The van der Waals surface area contributed by atoms with Gasteiger partial charge < -0.3 is 14.5 Å². The summed E-state index contributed by atoms with van der Waals surface area (Å²) in [6, 6.07) is 5.50. The Morgan fingerprint density at radius 2 is 1.86 bits per heavy atom. The maximum Gasteiger partial charge on any atom is 0.275 e. The third-order valence-corrected chi connectivity index (χ3v) is 6.09.